The summed E-state index contributed by atoms with van der Waals surface area (Å²) in [5, 5.41) is 3.67. The fraction of sp³-hybridized carbons (Fsp3) is 0.625. The van der Waals surface area contributed by atoms with E-state index in [0.29, 0.717) is 6.04 Å². The van der Waals surface area contributed by atoms with Crippen LogP contribution in [0.25, 0.3) is 0 Å². The summed E-state index contributed by atoms with van der Waals surface area (Å²) in [5.74, 6) is 1.01. The Bertz CT molecular complexity index is 417. The summed E-state index contributed by atoms with van der Waals surface area (Å²) in [5.41, 5.74) is 1.24. The normalized spacial score (nSPS) is 17.4. The van der Waals surface area contributed by atoms with Crippen molar-refractivity contribution in [2.45, 2.75) is 38.8 Å². The van der Waals surface area contributed by atoms with Crippen LogP contribution in [0.4, 0.5) is 0 Å². The number of rotatable bonds is 6. The largest absolute Gasteiger partial charge is 0.493 e. The fourth-order valence-electron chi connectivity index (χ4n) is 2.51. The molecule has 0 aliphatic carbocycles. The molecule has 3 nitrogen and oxygen atoms in total. The van der Waals surface area contributed by atoms with Gasteiger partial charge in [-0.05, 0) is 57.6 Å². The molecule has 1 aliphatic rings. The summed E-state index contributed by atoms with van der Waals surface area (Å²) in [7, 11) is 2.20. The van der Waals surface area contributed by atoms with Gasteiger partial charge in [0.25, 0.3) is 0 Å². The van der Waals surface area contributed by atoms with E-state index in [0.717, 1.165) is 29.8 Å². The van der Waals surface area contributed by atoms with Crippen LogP contribution in [-0.4, -0.2) is 37.7 Å². The molecule has 4 heteroatoms. The number of nitrogens with one attached hydrogen (secondary N) is 1. The third-order valence-corrected chi connectivity index (χ3v) is 4.28. The van der Waals surface area contributed by atoms with Crippen LogP contribution in [0.15, 0.2) is 22.7 Å². The van der Waals surface area contributed by atoms with Gasteiger partial charge in [0.15, 0.2) is 0 Å². The van der Waals surface area contributed by atoms with E-state index in [1.54, 1.807) is 0 Å². The van der Waals surface area contributed by atoms with Crippen molar-refractivity contribution in [3.8, 4) is 5.75 Å². The Kier molecular flexibility index (Phi) is 6.33. The number of halogens is 1. The fourth-order valence-corrected chi connectivity index (χ4v) is 2.91. The molecule has 1 saturated heterocycles. The number of benzene rings is 1. The van der Waals surface area contributed by atoms with Crippen molar-refractivity contribution in [3.63, 3.8) is 0 Å². The van der Waals surface area contributed by atoms with Gasteiger partial charge in [-0.15, -0.1) is 0 Å². The highest BCUT2D eigenvalue weighted by Crippen LogP contribution is 2.24. The zero-order valence-electron chi connectivity index (χ0n) is 12.5. The van der Waals surface area contributed by atoms with Crippen molar-refractivity contribution in [1.29, 1.82) is 0 Å². The lowest BCUT2D eigenvalue weighted by molar-refractivity contribution is 0.233. The highest BCUT2D eigenvalue weighted by atomic mass is 79.9. The number of nitrogens with zero attached hydrogens (tertiary/aromatic N) is 1. The molecule has 0 amide bonds. The van der Waals surface area contributed by atoms with E-state index >= 15 is 0 Å². The van der Waals surface area contributed by atoms with Gasteiger partial charge in [-0.25, -0.2) is 0 Å². The molecule has 20 heavy (non-hydrogen) atoms. The summed E-state index contributed by atoms with van der Waals surface area (Å²) in [4.78, 5) is 2.40. The first-order valence-corrected chi connectivity index (χ1v) is 8.31. The lowest BCUT2D eigenvalue weighted by atomic mass is 10.0. The molecule has 0 spiro atoms. The van der Waals surface area contributed by atoms with E-state index in [9.17, 15) is 0 Å². The molecular formula is C16H25BrN2O. The van der Waals surface area contributed by atoms with Crippen molar-refractivity contribution in [2.24, 2.45) is 0 Å². The third-order valence-electron chi connectivity index (χ3n) is 3.78. The molecule has 0 unspecified atom stereocenters. The second-order valence-corrected chi connectivity index (χ2v) is 6.47. The SMILES string of the molecule is CCCOc1ccc(Br)cc1CNC1CCN(C)CC1. The van der Waals surface area contributed by atoms with Crippen molar-refractivity contribution in [2.75, 3.05) is 26.7 Å². The second kappa shape index (κ2) is 8.01. The highest BCUT2D eigenvalue weighted by Gasteiger charge is 2.16. The molecular weight excluding hydrogens is 316 g/mol. The van der Waals surface area contributed by atoms with E-state index in [1.165, 1.54) is 31.5 Å². The van der Waals surface area contributed by atoms with Crippen LogP contribution in [-0.2, 0) is 6.54 Å². The Balaban J connectivity index is 1.92. The van der Waals surface area contributed by atoms with Crippen LogP contribution in [0.2, 0.25) is 0 Å². The summed E-state index contributed by atoms with van der Waals surface area (Å²) in [6.07, 6.45) is 3.50. The number of hydrogen-bond acceptors (Lipinski definition) is 3. The lowest BCUT2D eigenvalue weighted by Gasteiger charge is -2.29. The topological polar surface area (TPSA) is 24.5 Å². The molecule has 0 atom stereocenters. The molecule has 0 aromatic heterocycles. The van der Waals surface area contributed by atoms with Gasteiger partial charge < -0.3 is 15.0 Å². The molecule has 1 heterocycles. The second-order valence-electron chi connectivity index (χ2n) is 5.56. The first kappa shape index (κ1) is 15.8. The number of hydrogen-bond donors (Lipinski definition) is 1. The zero-order chi connectivity index (χ0) is 14.4. The predicted octanol–water partition coefficient (Wildman–Crippen LogP) is 3.42. The minimum Gasteiger partial charge on any atom is -0.493 e. The van der Waals surface area contributed by atoms with Gasteiger partial charge in [0.2, 0.25) is 0 Å². The van der Waals surface area contributed by atoms with E-state index in [-0.39, 0.29) is 0 Å². The molecule has 1 aliphatic heterocycles. The summed E-state index contributed by atoms with van der Waals surface area (Å²) in [6, 6.07) is 6.90. The van der Waals surface area contributed by atoms with Crippen LogP contribution in [0.3, 0.4) is 0 Å². The zero-order valence-corrected chi connectivity index (χ0v) is 14.1. The maximum Gasteiger partial charge on any atom is 0.123 e. The molecule has 0 saturated carbocycles. The van der Waals surface area contributed by atoms with Crippen molar-refractivity contribution in [1.82, 2.24) is 10.2 Å². The summed E-state index contributed by atoms with van der Waals surface area (Å²) in [6.45, 7) is 6.18. The lowest BCUT2D eigenvalue weighted by Crippen LogP contribution is -2.40. The average molecular weight is 341 g/mol. The predicted molar refractivity (Wildman–Crippen MR) is 87.3 cm³/mol. The molecule has 1 aromatic rings. The van der Waals surface area contributed by atoms with E-state index < -0.39 is 0 Å². The Hall–Kier alpha value is -0.580. The van der Waals surface area contributed by atoms with Crippen molar-refractivity contribution in [3.05, 3.63) is 28.2 Å². The molecule has 0 bridgehead atoms. The highest BCUT2D eigenvalue weighted by molar-refractivity contribution is 9.10. The van der Waals surface area contributed by atoms with Crippen LogP contribution in [0, 0.1) is 0 Å². The minimum atomic E-state index is 0.629. The molecule has 1 N–H and O–H groups in total. The molecule has 112 valence electrons. The Morgan fingerprint density at radius 1 is 1.35 bits per heavy atom. The summed E-state index contributed by atoms with van der Waals surface area (Å²) >= 11 is 3.55. The van der Waals surface area contributed by atoms with Gasteiger partial charge in [0.1, 0.15) is 5.75 Å². The van der Waals surface area contributed by atoms with Crippen LogP contribution in [0.5, 0.6) is 5.75 Å². The van der Waals surface area contributed by atoms with Gasteiger partial charge >= 0.3 is 0 Å². The van der Waals surface area contributed by atoms with Gasteiger partial charge in [-0.1, -0.05) is 22.9 Å². The summed E-state index contributed by atoms with van der Waals surface area (Å²) < 4.78 is 6.94. The van der Waals surface area contributed by atoms with E-state index in [1.807, 2.05) is 6.07 Å². The first-order chi connectivity index (χ1) is 9.69. The first-order valence-electron chi connectivity index (χ1n) is 7.52. The van der Waals surface area contributed by atoms with Crippen LogP contribution in [0.1, 0.15) is 31.7 Å². The number of ether oxygens (including phenoxy) is 1. The van der Waals surface area contributed by atoms with Gasteiger partial charge in [0.05, 0.1) is 6.61 Å². The monoisotopic (exact) mass is 340 g/mol. The Morgan fingerprint density at radius 3 is 2.80 bits per heavy atom. The maximum atomic E-state index is 5.83. The van der Waals surface area contributed by atoms with E-state index in [4.69, 9.17) is 4.74 Å². The smallest absolute Gasteiger partial charge is 0.123 e. The molecule has 0 radical (unpaired) electrons. The Labute approximate surface area is 130 Å². The van der Waals surface area contributed by atoms with Gasteiger partial charge in [-0.3, -0.25) is 0 Å². The average Bonchev–Trinajstić information content (AvgIpc) is 2.46. The quantitative estimate of drug-likeness (QED) is 0.858. The van der Waals surface area contributed by atoms with Crippen molar-refractivity contribution < 1.29 is 4.74 Å². The maximum absolute atomic E-state index is 5.83. The van der Waals surface area contributed by atoms with Crippen LogP contribution < -0.4 is 10.1 Å². The Morgan fingerprint density at radius 2 is 2.10 bits per heavy atom. The number of piperidine rings is 1. The minimum absolute atomic E-state index is 0.629. The standard InChI is InChI=1S/C16H25BrN2O/c1-3-10-20-16-5-4-14(17)11-13(16)12-18-15-6-8-19(2)9-7-15/h4-5,11,15,18H,3,6-10,12H2,1-2H3. The van der Waals surface area contributed by atoms with Crippen molar-refractivity contribution >= 4 is 15.9 Å². The number of likely N-dealkylation sites (tertiary alicyclic amines) is 1. The molecule has 1 fully saturated rings. The van der Waals surface area contributed by atoms with E-state index in [2.05, 4.69) is 52.3 Å². The van der Waals surface area contributed by atoms with Gasteiger partial charge in [-0.2, -0.15) is 0 Å². The third kappa shape index (κ3) is 4.76. The molecule has 1 aromatic carbocycles. The van der Waals surface area contributed by atoms with Gasteiger partial charge in [0, 0.05) is 22.6 Å². The van der Waals surface area contributed by atoms with Crippen LogP contribution >= 0.6 is 15.9 Å². The molecule has 2 rings (SSSR count).